The number of hydrogen-bond acceptors (Lipinski definition) is 5. The van der Waals surface area contributed by atoms with Gasteiger partial charge in [-0.05, 0) is 36.2 Å². The van der Waals surface area contributed by atoms with Gasteiger partial charge in [0.1, 0.15) is 5.56 Å². The van der Waals surface area contributed by atoms with Crippen LogP contribution in [0.1, 0.15) is 38.3 Å². The Bertz CT molecular complexity index is 1480. The van der Waals surface area contributed by atoms with Crippen molar-refractivity contribution in [3.8, 4) is 11.3 Å². The minimum Gasteiger partial charge on any atom is -0.413 e. The van der Waals surface area contributed by atoms with Crippen molar-refractivity contribution >= 4 is 25.2 Å². The summed E-state index contributed by atoms with van der Waals surface area (Å²) >= 11 is 0. The third-order valence-electron chi connectivity index (χ3n) is 8.28. The van der Waals surface area contributed by atoms with Gasteiger partial charge in [-0.15, -0.1) is 0 Å². The van der Waals surface area contributed by atoms with Crippen LogP contribution in [0.15, 0.2) is 67.0 Å². The Morgan fingerprint density at radius 1 is 1.02 bits per heavy atom. The lowest BCUT2D eigenvalue weighted by molar-refractivity contribution is -0.137. The monoisotopic (exact) mass is 581 g/mol. The molecule has 2 N–H and O–H groups in total. The second-order valence-electron chi connectivity index (χ2n) is 12.5. The lowest BCUT2D eigenvalue weighted by atomic mass is 10.0. The number of nitrogens with one attached hydrogen (secondary N) is 2. The van der Waals surface area contributed by atoms with Gasteiger partial charge in [0.25, 0.3) is 0 Å². The van der Waals surface area contributed by atoms with Gasteiger partial charge in [0.15, 0.2) is 8.32 Å². The zero-order valence-corrected chi connectivity index (χ0v) is 25.2. The Kier molecular flexibility index (Phi) is 8.02. The van der Waals surface area contributed by atoms with Crippen LogP contribution in [0.25, 0.3) is 22.2 Å². The molecule has 218 valence electrons. The number of rotatable bonds is 7. The molecule has 2 atom stereocenters. The van der Waals surface area contributed by atoms with Gasteiger partial charge in [0.05, 0.1) is 11.8 Å². The van der Waals surface area contributed by atoms with Crippen LogP contribution in [0.2, 0.25) is 18.1 Å². The molecule has 1 aliphatic rings. The highest BCUT2D eigenvalue weighted by molar-refractivity contribution is 6.74. The summed E-state index contributed by atoms with van der Waals surface area (Å²) in [6, 6.07) is 17.4. The third-order valence-corrected chi connectivity index (χ3v) is 12.8. The Morgan fingerprint density at radius 3 is 2.44 bits per heavy atom. The van der Waals surface area contributed by atoms with E-state index in [1.54, 1.807) is 18.3 Å². The molecule has 0 radical (unpaired) electrons. The second-order valence-corrected chi connectivity index (χ2v) is 17.2. The summed E-state index contributed by atoms with van der Waals surface area (Å²) in [7, 11) is -2.05. The largest absolute Gasteiger partial charge is 0.419 e. The van der Waals surface area contributed by atoms with E-state index in [0.29, 0.717) is 23.9 Å². The van der Waals surface area contributed by atoms with Crippen molar-refractivity contribution < 1.29 is 17.6 Å². The number of piperidine rings is 1. The molecule has 1 saturated heterocycles. The summed E-state index contributed by atoms with van der Waals surface area (Å²) in [6.07, 6.45) is -1.43. The van der Waals surface area contributed by atoms with Crippen molar-refractivity contribution in [1.29, 1.82) is 0 Å². The van der Waals surface area contributed by atoms with E-state index in [1.807, 2.05) is 30.3 Å². The molecular weight excluding hydrogens is 543 g/mol. The van der Waals surface area contributed by atoms with E-state index in [-0.39, 0.29) is 28.8 Å². The van der Waals surface area contributed by atoms with Crippen LogP contribution in [0.4, 0.5) is 19.1 Å². The van der Waals surface area contributed by atoms with Crippen molar-refractivity contribution in [3.05, 3.63) is 78.1 Å². The molecule has 1 aliphatic heterocycles. The van der Waals surface area contributed by atoms with Gasteiger partial charge in [-0.2, -0.15) is 13.2 Å². The van der Waals surface area contributed by atoms with Gasteiger partial charge in [0.2, 0.25) is 5.95 Å². The summed E-state index contributed by atoms with van der Waals surface area (Å²) < 4.78 is 49.0. The van der Waals surface area contributed by atoms with Gasteiger partial charge >= 0.3 is 6.18 Å². The molecule has 3 heterocycles. The van der Waals surface area contributed by atoms with E-state index in [2.05, 4.69) is 71.2 Å². The number of nitrogens with zero attached hydrogens (tertiary/aromatic N) is 3. The quantitative estimate of drug-likeness (QED) is 0.219. The predicted octanol–water partition coefficient (Wildman–Crippen LogP) is 7.72. The molecule has 2 aromatic heterocycles. The van der Waals surface area contributed by atoms with Crippen LogP contribution in [-0.4, -0.2) is 53.4 Å². The van der Waals surface area contributed by atoms with Gasteiger partial charge in [-0.1, -0.05) is 69.3 Å². The van der Waals surface area contributed by atoms with E-state index < -0.39 is 20.1 Å². The topological polar surface area (TPSA) is 66.1 Å². The van der Waals surface area contributed by atoms with E-state index in [9.17, 15) is 13.2 Å². The summed E-state index contributed by atoms with van der Waals surface area (Å²) in [6.45, 7) is 13.4. The Balaban J connectivity index is 1.45. The van der Waals surface area contributed by atoms with Crippen LogP contribution >= 0.6 is 0 Å². The zero-order valence-electron chi connectivity index (χ0n) is 24.2. The average Bonchev–Trinajstić information content (AvgIpc) is 3.32. The normalized spacial score (nSPS) is 19.0. The van der Waals surface area contributed by atoms with Crippen LogP contribution in [0, 0.1) is 0 Å². The molecule has 2 aromatic carbocycles. The molecule has 0 aliphatic carbocycles. The maximum Gasteiger partial charge on any atom is 0.419 e. The van der Waals surface area contributed by atoms with Crippen LogP contribution in [0.3, 0.4) is 0 Å². The fraction of sp³-hybridized carbons (Fsp3) is 0.419. The number of para-hydroxylation sites is 1. The van der Waals surface area contributed by atoms with Gasteiger partial charge in [0, 0.05) is 54.5 Å². The summed E-state index contributed by atoms with van der Waals surface area (Å²) in [4.78, 5) is 14.0. The first kappa shape index (κ1) is 29.3. The third kappa shape index (κ3) is 6.66. The minimum absolute atomic E-state index is 0.0200. The van der Waals surface area contributed by atoms with Crippen molar-refractivity contribution in [2.75, 3.05) is 18.4 Å². The summed E-state index contributed by atoms with van der Waals surface area (Å²) in [5, 5.41) is 4.11. The van der Waals surface area contributed by atoms with Crippen LogP contribution in [-0.2, 0) is 17.1 Å². The number of fused-ring (bicyclic) bond motifs is 1. The highest BCUT2D eigenvalue weighted by Gasteiger charge is 2.41. The first-order chi connectivity index (χ1) is 19.3. The van der Waals surface area contributed by atoms with Gasteiger partial charge in [-0.3, -0.25) is 4.90 Å². The maximum absolute atomic E-state index is 14.1. The molecule has 0 spiro atoms. The molecule has 1 fully saturated rings. The smallest absolute Gasteiger partial charge is 0.413 e. The number of hydrogen-bond donors (Lipinski definition) is 2. The molecule has 6 nitrogen and oxygen atoms in total. The highest BCUT2D eigenvalue weighted by atomic mass is 28.4. The number of H-pyrrole nitrogens is 1. The van der Waals surface area contributed by atoms with Gasteiger partial charge < -0.3 is 14.7 Å². The van der Waals surface area contributed by atoms with E-state index >= 15 is 0 Å². The maximum atomic E-state index is 14.1. The van der Waals surface area contributed by atoms with Crippen LogP contribution in [0.5, 0.6) is 0 Å². The van der Waals surface area contributed by atoms with E-state index in [1.165, 1.54) is 5.56 Å². The predicted molar refractivity (Wildman–Crippen MR) is 160 cm³/mol. The summed E-state index contributed by atoms with van der Waals surface area (Å²) in [5.41, 5.74) is 1.34. The minimum atomic E-state index is -4.59. The Hall–Kier alpha value is -3.21. The van der Waals surface area contributed by atoms with Crippen molar-refractivity contribution in [3.63, 3.8) is 0 Å². The van der Waals surface area contributed by atoms with Crippen molar-refractivity contribution in [2.24, 2.45) is 0 Å². The standard InChI is InChI=1S/C31H38F3N5OSi/c1-30(2,3)41(4,5)40-23-15-22(19-39(20-23)18-21-11-7-6-8-12-21)37-29-36-17-26(31(32,33)34)28(38-29)25-16-35-27-14-10-9-13-24(25)27/h6-14,16-17,22-23,35H,15,18-20H2,1-5H3,(H,36,37,38)/t22-,23+/m0/s1. The molecule has 0 amide bonds. The van der Waals surface area contributed by atoms with Crippen molar-refractivity contribution in [2.45, 2.75) is 70.2 Å². The van der Waals surface area contributed by atoms with E-state index in [4.69, 9.17) is 4.43 Å². The summed E-state index contributed by atoms with van der Waals surface area (Å²) in [5.74, 6) is 0.177. The number of aromatic nitrogens is 3. The molecule has 10 heteroatoms. The lowest BCUT2D eigenvalue weighted by Crippen LogP contribution is -2.53. The van der Waals surface area contributed by atoms with Gasteiger partial charge in [-0.25, -0.2) is 9.97 Å². The SMILES string of the molecule is CC(C)(C)[Si](C)(C)O[C@@H]1C[C@H](Nc2ncc(C(F)(F)F)c(-c3c[nH]c4ccccc34)n2)CN(Cc2ccccc2)C1. The molecule has 0 unspecified atom stereocenters. The molecular formula is C31H38F3N5OSi. The van der Waals surface area contributed by atoms with Crippen molar-refractivity contribution in [1.82, 2.24) is 19.9 Å². The number of halogens is 3. The second kappa shape index (κ2) is 11.2. The highest BCUT2D eigenvalue weighted by Crippen LogP contribution is 2.40. The average molecular weight is 582 g/mol. The lowest BCUT2D eigenvalue weighted by Gasteiger charge is -2.44. The molecule has 0 bridgehead atoms. The number of likely N-dealkylation sites (tertiary alicyclic amines) is 1. The number of anilines is 1. The number of benzene rings is 2. The van der Waals surface area contributed by atoms with Crippen LogP contribution < -0.4 is 5.32 Å². The molecule has 4 aromatic rings. The number of aromatic amines is 1. The van der Waals surface area contributed by atoms with E-state index in [0.717, 1.165) is 24.8 Å². The number of alkyl halides is 3. The Morgan fingerprint density at radius 2 is 1.73 bits per heavy atom. The fourth-order valence-corrected chi connectivity index (χ4v) is 6.57. The fourth-order valence-electron chi connectivity index (χ4n) is 5.21. The Labute approximate surface area is 240 Å². The molecule has 0 saturated carbocycles. The molecule has 41 heavy (non-hydrogen) atoms. The first-order valence-corrected chi connectivity index (χ1v) is 16.9. The zero-order chi connectivity index (χ0) is 29.4. The molecule has 5 rings (SSSR count). The first-order valence-electron chi connectivity index (χ1n) is 14.0.